The number of nitrogens with one attached hydrogen (secondary N) is 1. The van der Waals surface area contributed by atoms with E-state index in [0.29, 0.717) is 18.7 Å². The van der Waals surface area contributed by atoms with Crippen LogP contribution in [-0.4, -0.2) is 51.5 Å². The van der Waals surface area contributed by atoms with E-state index in [1.807, 2.05) is 30.3 Å². The Bertz CT molecular complexity index is 1370. The van der Waals surface area contributed by atoms with E-state index in [1.54, 1.807) is 21.6 Å². The van der Waals surface area contributed by atoms with Gasteiger partial charge in [0.1, 0.15) is 24.2 Å². The number of amides is 2. The average molecular weight is 505 g/mol. The van der Waals surface area contributed by atoms with Crippen LogP contribution in [0, 0.1) is 5.82 Å². The Balaban J connectivity index is 1.50. The number of fused-ring (bicyclic) bond motifs is 2. The van der Waals surface area contributed by atoms with Crippen LogP contribution in [0.15, 0.2) is 65.6 Å². The molecule has 1 atom stereocenters. The maximum atomic E-state index is 13.6. The van der Waals surface area contributed by atoms with Gasteiger partial charge in [-0.3, -0.25) is 19.3 Å². The number of ether oxygens (including phenoxy) is 1. The molecule has 3 heterocycles. The number of carbonyl (C=O) groups excluding carboxylic acids is 2. The molecule has 2 amide bonds. The highest BCUT2D eigenvalue weighted by Crippen LogP contribution is 2.30. The number of hydrogen-bond acceptors (Lipinski definition) is 5. The summed E-state index contributed by atoms with van der Waals surface area (Å²) in [6, 6.07) is 15.3. The summed E-state index contributed by atoms with van der Waals surface area (Å²) in [4.78, 5) is 44.3. The van der Waals surface area contributed by atoms with Crippen LogP contribution in [-0.2, 0) is 19.7 Å². The Kier molecular flexibility index (Phi) is 6.80. The number of pyridine rings is 1. The van der Waals surface area contributed by atoms with E-state index >= 15 is 0 Å². The second-order valence-corrected chi connectivity index (χ2v) is 9.60. The van der Waals surface area contributed by atoms with E-state index in [2.05, 4.69) is 24.1 Å². The molecule has 37 heavy (non-hydrogen) atoms. The maximum absolute atomic E-state index is 13.6. The molecule has 8 nitrogen and oxygen atoms in total. The molecule has 0 spiro atoms. The lowest BCUT2D eigenvalue weighted by atomic mass is 10.1. The number of rotatable bonds is 7. The predicted molar refractivity (Wildman–Crippen MR) is 136 cm³/mol. The third-order valence-corrected chi connectivity index (χ3v) is 6.90. The highest BCUT2D eigenvalue weighted by atomic mass is 19.1. The molecule has 2 aliphatic rings. The fourth-order valence-corrected chi connectivity index (χ4v) is 4.96. The zero-order valence-electron chi connectivity index (χ0n) is 20.8. The second kappa shape index (κ2) is 10.2. The lowest BCUT2D eigenvalue weighted by Crippen LogP contribution is -2.52. The van der Waals surface area contributed by atoms with E-state index in [0.717, 1.165) is 12.1 Å². The minimum absolute atomic E-state index is 0.0819. The van der Waals surface area contributed by atoms with Crippen molar-refractivity contribution in [3.05, 3.63) is 99.2 Å². The number of halogens is 1. The van der Waals surface area contributed by atoms with Crippen LogP contribution in [0.5, 0.6) is 5.75 Å². The van der Waals surface area contributed by atoms with Crippen molar-refractivity contribution >= 4 is 11.8 Å². The summed E-state index contributed by atoms with van der Waals surface area (Å²) in [5.41, 5.74) is 0.949. The molecule has 0 aliphatic carbocycles. The quantitative estimate of drug-likeness (QED) is 0.535. The summed E-state index contributed by atoms with van der Waals surface area (Å²) < 4.78 is 20.9. The number of hydrogen-bond donors (Lipinski definition) is 1. The molecule has 0 saturated carbocycles. The van der Waals surface area contributed by atoms with E-state index in [4.69, 9.17) is 4.74 Å². The predicted octanol–water partition coefficient (Wildman–Crippen LogP) is 3.00. The molecular weight excluding hydrogens is 475 g/mol. The lowest BCUT2D eigenvalue weighted by Gasteiger charge is -2.38. The molecule has 1 fully saturated rings. The molecule has 1 unspecified atom stereocenters. The van der Waals surface area contributed by atoms with E-state index in [9.17, 15) is 18.8 Å². The highest BCUT2D eigenvalue weighted by Gasteiger charge is 2.43. The zero-order chi connectivity index (χ0) is 26.1. The molecule has 0 bridgehead atoms. The molecule has 9 heteroatoms. The maximum Gasteiger partial charge on any atom is 0.275 e. The Labute approximate surface area is 214 Å². The number of aromatic nitrogens is 1. The molecule has 0 radical (unpaired) electrons. The summed E-state index contributed by atoms with van der Waals surface area (Å²) in [6.45, 7) is 6.08. The molecule has 2 aliphatic heterocycles. The molecule has 2 aromatic carbocycles. The summed E-state index contributed by atoms with van der Waals surface area (Å²) in [6.07, 6.45) is 1.29. The SMILES string of the molecule is CC(C)N1CCN2C(=O)c3c(OCc4ccccc4)c(=O)c(C(=O)NCc4ccc(F)cc4)cn3CC21. The van der Waals surface area contributed by atoms with E-state index < -0.39 is 11.3 Å². The van der Waals surface area contributed by atoms with Gasteiger partial charge in [0.05, 0.1) is 6.54 Å². The molecule has 1 saturated heterocycles. The van der Waals surface area contributed by atoms with Crippen LogP contribution < -0.4 is 15.5 Å². The molecule has 3 aromatic rings. The average Bonchev–Trinajstić information content (AvgIpc) is 3.33. The monoisotopic (exact) mass is 504 g/mol. The van der Waals surface area contributed by atoms with Gasteiger partial charge in [0.25, 0.3) is 11.8 Å². The fraction of sp³-hybridized carbons (Fsp3) is 0.321. The summed E-state index contributed by atoms with van der Waals surface area (Å²) >= 11 is 0. The Hall–Kier alpha value is -3.98. The summed E-state index contributed by atoms with van der Waals surface area (Å²) in [5, 5.41) is 2.73. The Morgan fingerprint density at radius 2 is 1.78 bits per heavy atom. The van der Waals surface area contributed by atoms with Gasteiger partial charge in [-0.2, -0.15) is 0 Å². The van der Waals surface area contributed by atoms with Crippen molar-refractivity contribution in [3.63, 3.8) is 0 Å². The third kappa shape index (κ3) is 4.86. The standard InChI is InChI=1S/C28H29FN4O4/c1-18(2)32-12-13-33-23(32)16-31-15-22(27(35)30-14-19-8-10-21(29)11-9-19)25(34)26(24(31)28(33)36)37-17-20-6-4-3-5-7-20/h3-11,15,18,23H,12-14,16-17H2,1-2H3,(H,30,35). The van der Waals surface area contributed by atoms with Gasteiger partial charge in [-0.15, -0.1) is 0 Å². The topological polar surface area (TPSA) is 83.9 Å². The first-order valence-electron chi connectivity index (χ1n) is 12.4. The third-order valence-electron chi connectivity index (χ3n) is 6.90. The van der Waals surface area contributed by atoms with Gasteiger partial charge in [-0.05, 0) is 37.1 Å². The lowest BCUT2D eigenvalue weighted by molar-refractivity contribution is 0.0448. The van der Waals surface area contributed by atoms with Crippen molar-refractivity contribution in [3.8, 4) is 5.75 Å². The van der Waals surface area contributed by atoms with Crippen molar-refractivity contribution in [1.29, 1.82) is 0 Å². The first kappa shape index (κ1) is 24.7. The van der Waals surface area contributed by atoms with Crippen molar-refractivity contribution < 1.29 is 18.7 Å². The molecule has 1 N–H and O–H groups in total. The molecule has 1 aromatic heterocycles. The number of benzene rings is 2. The summed E-state index contributed by atoms with van der Waals surface area (Å²) in [7, 11) is 0. The highest BCUT2D eigenvalue weighted by molar-refractivity contribution is 5.99. The molecule has 5 rings (SSSR count). The Morgan fingerprint density at radius 1 is 1.05 bits per heavy atom. The minimum atomic E-state index is -0.634. The normalized spacial score (nSPS) is 17.0. The largest absolute Gasteiger partial charge is 0.483 e. The van der Waals surface area contributed by atoms with Crippen LogP contribution in [0.1, 0.15) is 45.8 Å². The van der Waals surface area contributed by atoms with Gasteiger partial charge in [-0.25, -0.2) is 4.39 Å². The van der Waals surface area contributed by atoms with Gasteiger partial charge in [0.2, 0.25) is 5.43 Å². The van der Waals surface area contributed by atoms with Gasteiger partial charge in [0.15, 0.2) is 11.4 Å². The van der Waals surface area contributed by atoms with Gasteiger partial charge >= 0.3 is 0 Å². The van der Waals surface area contributed by atoms with Crippen LogP contribution >= 0.6 is 0 Å². The molecule has 192 valence electrons. The molecular formula is C28H29FN4O4. The van der Waals surface area contributed by atoms with Gasteiger partial charge in [-0.1, -0.05) is 42.5 Å². The number of nitrogens with zero attached hydrogens (tertiary/aromatic N) is 3. The van der Waals surface area contributed by atoms with Crippen LogP contribution in [0.2, 0.25) is 0 Å². The zero-order valence-corrected chi connectivity index (χ0v) is 20.8. The van der Waals surface area contributed by atoms with Crippen LogP contribution in [0.3, 0.4) is 0 Å². The smallest absolute Gasteiger partial charge is 0.275 e. The van der Waals surface area contributed by atoms with Crippen molar-refractivity contribution in [2.75, 3.05) is 13.1 Å². The first-order chi connectivity index (χ1) is 17.8. The number of carbonyl (C=O) groups is 2. The minimum Gasteiger partial charge on any atom is -0.483 e. The van der Waals surface area contributed by atoms with Gasteiger partial charge < -0.3 is 19.5 Å². The second-order valence-electron chi connectivity index (χ2n) is 9.60. The van der Waals surface area contributed by atoms with Crippen molar-refractivity contribution in [2.45, 2.75) is 45.8 Å². The van der Waals surface area contributed by atoms with Crippen LogP contribution in [0.4, 0.5) is 4.39 Å². The Morgan fingerprint density at radius 3 is 2.49 bits per heavy atom. The van der Waals surface area contributed by atoms with Crippen LogP contribution in [0.25, 0.3) is 0 Å². The van der Waals surface area contributed by atoms with Crippen molar-refractivity contribution in [2.24, 2.45) is 0 Å². The first-order valence-corrected chi connectivity index (χ1v) is 12.4. The van der Waals surface area contributed by atoms with Gasteiger partial charge in [0, 0.05) is 31.9 Å². The van der Waals surface area contributed by atoms with Crippen molar-refractivity contribution in [1.82, 2.24) is 19.7 Å². The van der Waals surface area contributed by atoms with E-state index in [-0.39, 0.29) is 54.1 Å². The fourth-order valence-electron chi connectivity index (χ4n) is 4.96. The van der Waals surface area contributed by atoms with E-state index in [1.165, 1.54) is 18.3 Å². The summed E-state index contributed by atoms with van der Waals surface area (Å²) in [5.74, 6) is -1.36.